The number of amides is 1. The Morgan fingerprint density at radius 1 is 0.974 bits per heavy atom. The summed E-state index contributed by atoms with van der Waals surface area (Å²) < 4.78 is 25.4. The predicted octanol–water partition coefficient (Wildman–Crippen LogP) is 4.73. The molecular formula is C30H33FN4O3. The number of ether oxygens (including phenoxy) is 2. The van der Waals surface area contributed by atoms with Gasteiger partial charge in [-0.15, -0.1) is 0 Å². The highest BCUT2D eigenvalue weighted by atomic mass is 19.1. The van der Waals surface area contributed by atoms with E-state index in [0.717, 1.165) is 28.3 Å². The number of piperazine rings is 1. The minimum absolute atomic E-state index is 0.0619. The van der Waals surface area contributed by atoms with Gasteiger partial charge in [0, 0.05) is 38.2 Å². The summed E-state index contributed by atoms with van der Waals surface area (Å²) in [4.78, 5) is 17.8. The van der Waals surface area contributed by atoms with Crippen molar-refractivity contribution in [1.82, 2.24) is 9.91 Å². The zero-order chi connectivity index (χ0) is 26.5. The molecule has 0 aromatic heterocycles. The maximum Gasteiger partial charge on any atom is 0.257 e. The SMILES string of the molecule is CCOc1ccc(C2CC(c3ccccc3OC)=NN2C(=O)CN2CCN(c3ccccc3F)CC2)cc1. The lowest BCUT2D eigenvalue weighted by Crippen LogP contribution is -2.49. The van der Waals surface area contributed by atoms with Crippen molar-refractivity contribution >= 4 is 17.3 Å². The van der Waals surface area contributed by atoms with Crippen molar-refractivity contribution in [3.8, 4) is 11.5 Å². The lowest BCUT2D eigenvalue weighted by atomic mass is 9.98. The van der Waals surface area contributed by atoms with E-state index in [9.17, 15) is 9.18 Å². The van der Waals surface area contributed by atoms with Crippen LogP contribution in [0.1, 0.15) is 30.5 Å². The van der Waals surface area contributed by atoms with Crippen LogP contribution in [-0.4, -0.2) is 68.0 Å². The largest absolute Gasteiger partial charge is 0.496 e. The first-order chi connectivity index (χ1) is 18.6. The van der Waals surface area contributed by atoms with E-state index in [0.29, 0.717) is 44.9 Å². The molecule has 1 saturated heterocycles. The summed E-state index contributed by atoms with van der Waals surface area (Å²) in [5.41, 5.74) is 3.32. The van der Waals surface area contributed by atoms with Crippen molar-refractivity contribution in [2.75, 3.05) is 51.3 Å². The number of hydrogen-bond donors (Lipinski definition) is 0. The standard InChI is InChI=1S/C30H33FN4O3/c1-3-38-23-14-12-22(13-15-23)28-20-26(24-8-4-7-11-29(24)37-2)32-35(28)30(36)21-33-16-18-34(19-17-33)27-10-6-5-9-25(27)31/h4-15,28H,3,16-21H2,1-2H3. The number of hydrogen-bond acceptors (Lipinski definition) is 6. The number of carbonyl (C=O) groups excluding carboxylic acids is 1. The van der Waals surface area contributed by atoms with E-state index in [2.05, 4.69) is 4.90 Å². The normalized spacial score (nSPS) is 17.9. The van der Waals surface area contributed by atoms with Crippen molar-refractivity contribution in [3.05, 3.63) is 89.7 Å². The summed E-state index contributed by atoms with van der Waals surface area (Å²) >= 11 is 0. The topological polar surface area (TPSA) is 57.6 Å². The molecule has 0 N–H and O–H groups in total. The smallest absolute Gasteiger partial charge is 0.257 e. The van der Waals surface area contributed by atoms with Crippen LogP contribution in [0.5, 0.6) is 11.5 Å². The average Bonchev–Trinajstić information content (AvgIpc) is 3.40. The third-order valence-corrected chi connectivity index (χ3v) is 7.08. The van der Waals surface area contributed by atoms with Gasteiger partial charge in [-0.2, -0.15) is 5.10 Å². The third-order valence-electron chi connectivity index (χ3n) is 7.08. The van der Waals surface area contributed by atoms with Crippen molar-refractivity contribution in [3.63, 3.8) is 0 Å². The molecule has 8 heteroatoms. The number of rotatable bonds is 8. The summed E-state index contributed by atoms with van der Waals surface area (Å²) in [5.74, 6) is 1.25. The fourth-order valence-electron chi connectivity index (χ4n) is 5.12. The summed E-state index contributed by atoms with van der Waals surface area (Å²) in [5, 5.41) is 6.45. The minimum Gasteiger partial charge on any atom is -0.496 e. The Balaban J connectivity index is 1.33. The maximum atomic E-state index is 14.2. The van der Waals surface area contributed by atoms with E-state index in [1.54, 1.807) is 24.3 Å². The highest BCUT2D eigenvalue weighted by molar-refractivity contribution is 6.05. The Labute approximate surface area is 223 Å². The van der Waals surface area contributed by atoms with Crippen LogP contribution in [0, 0.1) is 5.82 Å². The van der Waals surface area contributed by atoms with Crippen LogP contribution < -0.4 is 14.4 Å². The second kappa shape index (κ2) is 11.6. The summed E-state index contributed by atoms with van der Waals surface area (Å²) in [6.45, 7) is 5.46. The molecule has 0 aliphatic carbocycles. The lowest BCUT2D eigenvalue weighted by Gasteiger charge is -2.36. The second-order valence-electron chi connectivity index (χ2n) is 9.42. The zero-order valence-electron chi connectivity index (χ0n) is 21.8. The Morgan fingerprint density at radius 2 is 1.68 bits per heavy atom. The van der Waals surface area contributed by atoms with Crippen molar-refractivity contribution in [1.29, 1.82) is 0 Å². The molecule has 3 aromatic rings. The molecule has 2 aliphatic rings. The monoisotopic (exact) mass is 516 g/mol. The van der Waals surface area contributed by atoms with Gasteiger partial charge in [-0.3, -0.25) is 9.69 Å². The summed E-state index contributed by atoms with van der Waals surface area (Å²) in [6, 6.07) is 22.2. The van der Waals surface area contributed by atoms with Gasteiger partial charge in [0.25, 0.3) is 5.91 Å². The molecule has 0 bridgehead atoms. The number of nitrogens with zero attached hydrogens (tertiary/aromatic N) is 4. The molecule has 0 saturated carbocycles. The molecule has 7 nitrogen and oxygen atoms in total. The van der Waals surface area contributed by atoms with Crippen LogP contribution in [-0.2, 0) is 4.79 Å². The van der Waals surface area contributed by atoms with Gasteiger partial charge >= 0.3 is 0 Å². The van der Waals surface area contributed by atoms with Gasteiger partial charge in [-0.05, 0) is 48.9 Å². The van der Waals surface area contributed by atoms with Crippen molar-refractivity contribution < 1.29 is 18.7 Å². The summed E-state index contributed by atoms with van der Waals surface area (Å²) in [7, 11) is 1.64. The van der Waals surface area contributed by atoms with E-state index < -0.39 is 0 Å². The minimum atomic E-state index is -0.224. The molecule has 1 fully saturated rings. The second-order valence-corrected chi connectivity index (χ2v) is 9.42. The number of benzene rings is 3. The molecule has 1 unspecified atom stereocenters. The molecule has 1 amide bonds. The number of para-hydroxylation sites is 2. The first kappa shape index (κ1) is 25.7. The maximum absolute atomic E-state index is 14.2. The van der Waals surface area contributed by atoms with Gasteiger partial charge in [0.05, 0.1) is 37.7 Å². The van der Waals surface area contributed by atoms with Gasteiger partial charge in [-0.1, -0.05) is 36.4 Å². The van der Waals surface area contributed by atoms with Crippen molar-refractivity contribution in [2.24, 2.45) is 5.10 Å². The number of anilines is 1. The Hall–Kier alpha value is -3.91. The van der Waals surface area contributed by atoms with Gasteiger partial charge in [0.2, 0.25) is 0 Å². The molecular weight excluding hydrogens is 483 g/mol. The molecule has 0 spiro atoms. The molecule has 0 radical (unpaired) electrons. The number of halogens is 1. The molecule has 5 rings (SSSR count). The quantitative estimate of drug-likeness (QED) is 0.433. The van der Waals surface area contributed by atoms with E-state index in [4.69, 9.17) is 14.6 Å². The predicted molar refractivity (Wildman–Crippen MR) is 146 cm³/mol. The van der Waals surface area contributed by atoms with Crippen LogP contribution in [0.2, 0.25) is 0 Å². The number of carbonyl (C=O) groups is 1. The first-order valence-electron chi connectivity index (χ1n) is 13.0. The lowest BCUT2D eigenvalue weighted by molar-refractivity contribution is -0.134. The molecule has 3 aromatic carbocycles. The van der Waals surface area contributed by atoms with Crippen LogP contribution >= 0.6 is 0 Å². The van der Waals surface area contributed by atoms with E-state index in [-0.39, 0.29) is 24.3 Å². The first-order valence-corrected chi connectivity index (χ1v) is 13.0. The molecule has 38 heavy (non-hydrogen) atoms. The Bertz CT molecular complexity index is 1290. The van der Waals surface area contributed by atoms with Gasteiger partial charge in [-0.25, -0.2) is 9.40 Å². The average molecular weight is 517 g/mol. The van der Waals surface area contributed by atoms with Crippen LogP contribution in [0.4, 0.5) is 10.1 Å². The Kier molecular flexibility index (Phi) is 7.89. The van der Waals surface area contributed by atoms with Crippen LogP contribution in [0.25, 0.3) is 0 Å². The fourth-order valence-corrected chi connectivity index (χ4v) is 5.12. The molecule has 1 atom stereocenters. The van der Waals surface area contributed by atoms with E-state index in [1.807, 2.05) is 66.4 Å². The van der Waals surface area contributed by atoms with Gasteiger partial charge in [0.15, 0.2) is 0 Å². The number of hydrazone groups is 1. The zero-order valence-corrected chi connectivity index (χ0v) is 21.8. The van der Waals surface area contributed by atoms with Crippen LogP contribution in [0.15, 0.2) is 77.9 Å². The number of methoxy groups -OCH3 is 1. The highest BCUT2D eigenvalue weighted by Crippen LogP contribution is 2.35. The van der Waals surface area contributed by atoms with Crippen molar-refractivity contribution in [2.45, 2.75) is 19.4 Å². The molecule has 198 valence electrons. The van der Waals surface area contributed by atoms with E-state index >= 15 is 0 Å². The molecule has 2 heterocycles. The summed E-state index contributed by atoms with van der Waals surface area (Å²) in [6.07, 6.45) is 0.584. The van der Waals surface area contributed by atoms with Gasteiger partial charge < -0.3 is 14.4 Å². The van der Waals surface area contributed by atoms with Gasteiger partial charge in [0.1, 0.15) is 17.3 Å². The third kappa shape index (κ3) is 5.50. The highest BCUT2D eigenvalue weighted by Gasteiger charge is 2.35. The fraction of sp³-hybridized carbons (Fsp3) is 0.333. The van der Waals surface area contributed by atoms with Crippen LogP contribution in [0.3, 0.4) is 0 Å². The molecule has 2 aliphatic heterocycles. The Morgan fingerprint density at radius 3 is 2.39 bits per heavy atom. The van der Waals surface area contributed by atoms with E-state index in [1.165, 1.54) is 6.07 Å².